The molecule has 0 fully saturated rings. The van der Waals surface area contributed by atoms with Gasteiger partial charge >= 0.3 is 0 Å². The maximum atomic E-state index is 12.2. The molecule has 0 saturated carbocycles. The zero-order chi connectivity index (χ0) is 15.3. The Kier molecular flexibility index (Phi) is 4.65. The second kappa shape index (κ2) is 6.45. The number of nitriles is 1. The molecule has 108 valence electrons. The Balaban J connectivity index is 2.16. The molecule has 1 aromatic carbocycles. The number of hydrogen-bond donors (Lipinski definition) is 2. The zero-order valence-electron chi connectivity index (χ0n) is 11.2. The lowest BCUT2D eigenvalue weighted by atomic mass is 10.1. The molecule has 1 heterocycles. The highest BCUT2D eigenvalue weighted by molar-refractivity contribution is 7.89. The van der Waals surface area contributed by atoms with E-state index < -0.39 is 10.0 Å². The summed E-state index contributed by atoms with van der Waals surface area (Å²) in [6.45, 7) is 0.570. The van der Waals surface area contributed by atoms with Gasteiger partial charge in [-0.15, -0.1) is 0 Å². The maximum absolute atomic E-state index is 12.2. The van der Waals surface area contributed by atoms with Crippen molar-refractivity contribution in [3.05, 3.63) is 59.4 Å². The van der Waals surface area contributed by atoms with Crippen molar-refractivity contribution in [1.29, 1.82) is 5.26 Å². The van der Waals surface area contributed by atoms with Crippen molar-refractivity contribution in [3.63, 3.8) is 0 Å². The van der Waals surface area contributed by atoms with Crippen molar-refractivity contribution in [2.75, 3.05) is 0 Å². The van der Waals surface area contributed by atoms with E-state index in [1.165, 1.54) is 18.3 Å². The van der Waals surface area contributed by atoms with Gasteiger partial charge in [0.25, 0.3) is 0 Å². The van der Waals surface area contributed by atoms with Crippen LogP contribution in [-0.4, -0.2) is 13.4 Å². The number of rotatable bonds is 5. The van der Waals surface area contributed by atoms with Gasteiger partial charge in [0.1, 0.15) is 11.0 Å². The molecule has 3 N–H and O–H groups in total. The van der Waals surface area contributed by atoms with Crippen molar-refractivity contribution < 1.29 is 8.42 Å². The van der Waals surface area contributed by atoms with Gasteiger partial charge in [0, 0.05) is 19.3 Å². The molecule has 0 spiro atoms. The van der Waals surface area contributed by atoms with Crippen molar-refractivity contribution in [2.24, 2.45) is 5.73 Å². The normalized spacial score (nSPS) is 11.0. The van der Waals surface area contributed by atoms with Crippen LogP contribution >= 0.6 is 0 Å². The Bertz CT molecular complexity index is 764. The van der Waals surface area contributed by atoms with E-state index in [2.05, 4.69) is 9.71 Å². The smallest absolute Gasteiger partial charge is 0.243 e. The predicted molar refractivity (Wildman–Crippen MR) is 77.3 cm³/mol. The van der Waals surface area contributed by atoms with E-state index in [0.717, 1.165) is 11.1 Å². The highest BCUT2D eigenvalue weighted by Gasteiger charge is 2.18. The van der Waals surface area contributed by atoms with E-state index in [1.54, 1.807) is 18.2 Å². The number of hydrogen-bond acceptors (Lipinski definition) is 5. The Morgan fingerprint density at radius 2 is 1.86 bits per heavy atom. The summed E-state index contributed by atoms with van der Waals surface area (Å²) in [5, 5.41) is 8.91. The third-order valence-corrected chi connectivity index (χ3v) is 4.32. The first-order chi connectivity index (χ1) is 10.1. The summed E-state index contributed by atoms with van der Waals surface area (Å²) in [6, 6.07) is 11.9. The minimum Gasteiger partial charge on any atom is -0.326 e. The van der Waals surface area contributed by atoms with E-state index >= 15 is 0 Å². The first-order valence-electron chi connectivity index (χ1n) is 6.19. The Morgan fingerprint density at radius 1 is 1.19 bits per heavy atom. The number of pyridine rings is 1. The van der Waals surface area contributed by atoms with Gasteiger partial charge in [-0.25, -0.2) is 18.1 Å². The summed E-state index contributed by atoms with van der Waals surface area (Å²) in [7, 11) is -3.78. The molecule has 6 nitrogen and oxygen atoms in total. The lowest BCUT2D eigenvalue weighted by molar-refractivity contribution is 0.580. The second-order valence-electron chi connectivity index (χ2n) is 4.31. The average molecular weight is 302 g/mol. The number of nitrogens with zero attached hydrogens (tertiary/aromatic N) is 2. The monoisotopic (exact) mass is 302 g/mol. The maximum Gasteiger partial charge on any atom is 0.243 e. The second-order valence-corrected chi connectivity index (χ2v) is 6.04. The summed E-state index contributed by atoms with van der Waals surface area (Å²) in [5.41, 5.74) is 7.16. The van der Waals surface area contributed by atoms with E-state index in [9.17, 15) is 8.42 Å². The Labute approximate surface area is 123 Å². The molecule has 0 unspecified atom stereocenters. The van der Waals surface area contributed by atoms with E-state index in [1.807, 2.05) is 12.1 Å². The number of aromatic nitrogens is 1. The molecule has 0 radical (unpaired) electrons. The summed E-state index contributed by atoms with van der Waals surface area (Å²) in [5.74, 6) is 0. The molecular weight excluding hydrogens is 288 g/mol. The number of nitrogens with two attached hydrogens (primary N) is 1. The van der Waals surface area contributed by atoms with Gasteiger partial charge in [-0.1, -0.05) is 24.3 Å². The standard InChI is InChI=1S/C14H14N4O2S/c15-8-11-3-5-12(6-4-11)10-18-21(19,20)14-2-1-7-17-13(14)9-16/h1-7,18H,8,10,15H2. The molecule has 0 bridgehead atoms. The van der Waals surface area contributed by atoms with Gasteiger partial charge in [0.05, 0.1) is 0 Å². The fourth-order valence-corrected chi connectivity index (χ4v) is 2.86. The van der Waals surface area contributed by atoms with Gasteiger partial charge in [-0.05, 0) is 23.3 Å². The molecule has 0 saturated heterocycles. The van der Waals surface area contributed by atoms with E-state index in [4.69, 9.17) is 11.0 Å². The quantitative estimate of drug-likeness (QED) is 0.852. The number of nitrogens with one attached hydrogen (secondary N) is 1. The van der Waals surface area contributed by atoms with Crippen LogP contribution in [0, 0.1) is 11.3 Å². The zero-order valence-corrected chi connectivity index (χ0v) is 12.0. The van der Waals surface area contributed by atoms with Crippen LogP contribution in [0.15, 0.2) is 47.5 Å². The largest absolute Gasteiger partial charge is 0.326 e. The third kappa shape index (κ3) is 3.64. The molecule has 0 amide bonds. The predicted octanol–water partition coefficient (Wildman–Crippen LogP) is 0.890. The fraction of sp³-hybridized carbons (Fsp3) is 0.143. The van der Waals surface area contributed by atoms with Crippen LogP contribution in [0.4, 0.5) is 0 Å². The fourth-order valence-electron chi connectivity index (χ4n) is 1.74. The van der Waals surface area contributed by atoms with Gasteiger partial charge in [-0.3, -0.25) is 0 Å². The summed E-state index contributed by atoms with van der Waals surface area (Å²) >= 11 is 0. The molecule has 2 rings (SSSR count). The molecular formula is C14H14N4O2S. The van der Waals surface area contributed by atoms with Gasteiger partial charge < -0.3 is 5.73 Å². The highest BCUT2D eigenvalue weighted by atomic mass is 32.2. The van der Waals surface area contributed by atoms with Crippen LogP contribution in [0.1, 0.15) is 16.8 Å². The minimum atomic E-state index is -3.78. The number of sulfonamides is 1. The van der Waals surface area contributed by atoms with Crippen LogP contribution in [-0.2, 0) is 23.1 Å². The van der Waals surface area contributed by atoms with Gasteiger partial charge in [-0.2, -0.15) is 5.26 Å². The van der Waals surface area contributed by atoms with Crippen LogP contribution in [0.5, 0.6) is 0 Å². The summed E-state index contributed by atoms with van der Waals surface area (Å²) in [6.07, 6.45) is 1.38. The molecule has 0 aliphatic carbocycles. The first-order valence-corrected chi connectivity index (χ1v) is 7.68. The lowest BCUT2D eigenvalue weighted by Gasteiger charge is -2.08. The Hall–Kier alpha value is -2.27. The van der Waals surface area contributed by atoms with Crippen LogP contribution in [0.3, 0.4) is 0 Å². The van der Waals surface area contributed by atoms with Crippen molar-refractivity contribution >= 4 is 10.0 Å². The van der Waals surface area contributed by atoms with Crippen molar-refractivity contribution in [2.45, 2.75) is 18.0 Å². The first kappa shape index (κ1) is 15.1. The van der Waals surface area contributed by atoms with Crippen molar-refractivity contribution in [3.8, 4) is 6.07 Å². The summed E-state index contributed by atoms with van der Waals surface area (Å²) < 4.78 is 26.8. The van der Waals surface area contributed by atoms with Gasteiger partial charge in [0.15, 0.2) is 5.69 Å². The van der Waals surface area contributed by atoms with Gasteiger partial charge in [0.2, 0.25) is 10.0 Å². The van der Waals surface area contributed by atoms with E-state index in [0.29, 0.717) is 6.54 Å². The molecule has 7 heteroatoms. The van der Waals surface area contributed by atoms with Crippen LogP contribution < -0.4 is 10.5 Å². The van der Waals surface area contributed by atoms with Crippen molar-refractivity contribution in [1.82, 2.24) is 9.71 Å². The molecule has 21 heavy (non-hydrogen) atoms. The van der Waals surface area contributed by atoms with Crippen LogP contribution in [0.2, 0.25) is 0 Å². The SMILES string of the molecule is N#Cc1ncccc1S(=O)(=O)NCc1ccc(CN)cc1. The molecule has 0 aliphatic rings. The molecule has 1 aromatic heterocycles. The minimum absolute atomic E-state index is 0.119. The number of benzene rings is 1. The Morgan fingerprint density at radius 3 is 2.48 bits per heavy atom. The lowest BCUT2D eigenvalue weighted by Crippen LogP contribution is -2.24. The molecule has 0 aliphatic heterocycles. The van der Waals surface area contributed by atoms with E-state index in [-0.39, 0.29) is 17.1 Å². The topological polar surface area (TPSA) is 109 Å². The molecule has 2 aromatic rings. The highest BCUT2D eigenvalue weighted by Crippen LogP contribution is 2.12. The average Bonchev–Trinajstić information content (AvgIpc) is 2.53. The summed E-state index contributed by atoms with van der Waals surface area (Å²) in [4.78, 5) is 3.63. The third-order valence-electron chi connectivity index (χ3n) is 2.89. The molecule has 0 atom stereocenters. The van der Waals surface area contributed by atoms with Crippen LogP contribution in [0.25, 0.3) is 0 Å².